The molecule has 0 spiro atoms. The highest BCUT2D eigenvalue weighted by Crippen LogP contribution is 2.55. The van der Waals surface area contributed by atoms with Crippen LogP contribution in [0.5, 0.6) is 0 Å². The molecule has 0 aromatic carbocycles. The Hall–Kier alpha value is -2.11. The van der Waals surface area contributed by atoms with E-state index in [0.717, 1.165) is 37.0 Å². The van der Waals surface area contributed by atoms with Crippen molar-refractivity contribution in [1.29, 1.82) is 0 Å². The Balaban J connectivity index is 1.31. The molecule has 0 atom stereocenters. The van der Waals surface area contributed by atoms with Crippen molar-refractivity contribution >= 4 is 17.5 Å². The predicted molar refractivity (Wildman–Crippen MR) is 92.9 cm³/mol. The molecule has 4 bridgehead atoms. The molecule has 2 amide bonds. The van der Waals surface area contributed by atoms with Crippen molar-refractivity contribution < 1.29 is 14.0 Å². The number of amides is 2. The first-order valence-corrected chi connectivity index (χ1v) is 9.19. The highest BCUT2D eigenvalue weighted by atomic mass is 16.3. The fourth-order valence-corrected chi connectivity index (χ4v) is 5.48. The Morgan fingerprint density at radius 3 is 2.40 bits per heavy atom. The van der Waals surface area contributed by atoms with Crippen molar-refractivity contribution in [2.75, 3.05) is 0 Å². The molecule has 5 rings (SSSR count). The zero-order chi connectivity index (χ0) is 17.4. The van der Waals surface area contributed by atoms with Gasteiger partial charge in [-0.3, -0.25) is 9.59 Å². The number of furan rings is 1. The van der Waals surface area contributed by atoms with E-state index in [1.54, 1.807) is 19.1 Å². The lowest BCUT2D eigenvalue weighted by Crippen LogP contribution is -2.60. The van der Waals surface area contributed by atoms with Crippen LogP contribution in [-0.2, 0) is 4.79 Å². The standard InChI is InChI=1S/C19H25N3O3/c1-12(21-22-18(24)16-3-2-4-25-16)5-17(23)20-19-9-13-6-14(10-19)8-15(7-13)11-19/h2-4,13-15H,5-11H2,1H3,(H,20,23)(H,22,24). The monoisotopic (exact) mass is 343 g/mol. The molecule has 4 fully saturated rings. The van der Waals surface area contributed by atoms with Crippen LogP contribution in [0.3, 0.4) is 0 Å². The van der Waals surface area contributed by atoms with E-state index in [0.29, 0.717) is 5.71 Å². The summed E-state index contributed by atoms with van der Waals surface area (Å²) in [4.78, 5) is 24.3. The molecule has 25 heavy (non-hydrogen) atoms. The molecule has 0 radical (unpaired) electrons. The van der Waals surface area contributed by atoms with Crippen LogP contribution in [0.25, 0.3) is 0 Å². The van der Waals surface area contributed by atoms with E-state index in [1.165, 1.54) is 25.5 Å². The summed E-state index contributed by atoms with van der Waals surface area (Å²) in [5.74, 6) is 2.20. The fourth-order valence-electron chi connectivity index (χ4n) is 5.48. The largest absolute Gasteiger partial charge is 0.459 e. The van der Waals surface area contributed by atoms with Crippen molar-refractivity contribution in [1.82, 2.24) is 10.7 Å². The van der Waals surface area contributed by atoms with Gasteiger partial charge in [-0.1, -0.05) is 0 Å². The average molecular weight is 343 g/mol. The maximum atomic E-state index is 12.5. The van der Waals surface area contributed by atoms with Crippen molar-refractivity contribution in [3.05, 3.63) is 24.2 Å². The summed E-state index contributed by atoms with van der Waals surface area (Å²) in [5.41, 5.74) is 3.03. The van der Waals surface area contributed by atoms with Crippen LogP contribution in [0, 0.1) is 17.8 Å². The lowest BCUT2D eigenvalue weighted by Gasteiger charge is -2.56. The Labute approximate surface area is 147 Å². The number of carbonyl (C=O) groups excluding carboxylic acids is 2. The molecule has 1 aromatic heterocycles. The Morgan fingerprint density at radius 2 is 1.84 bits per heavy atom. The lowest BCUT2D eigenvalue weighted by molar-refractivity contribution is -0.125. The summed E-state index contributed by atoms with van der Waals surface area (Å²) in [6, 6.07) is 3.21. The van der Waals surface area contributed by atoms with Gasteiger partial charge in [0.15, 0.2) is 5.76 Å². The van der Waals surface area contributed by atoms with Crippen LogP contribution in [0.15, 0.2) is 27.9 Å². The summed E-state index contributed by atoms with van der Waals surface area (Å²) in [6.45, 7) is 1.75. The summed E-state index contributed by atoms with van der Waals surface area (Å²) >= 11 is 0. The fraction of sp³-hybridized carbons (Fsp3) is 0.632. The Kier molecular flexibility index (Phi) is 4.13. The van der Waals surface area contributed by atoms with Crippen molar-refractivity contribution in [3.8, 4) is 0 Å². The van der Waals surface area contributed by atoms with Gasteiger partial charge in [-0.2, -0.15) is 5.10 Å². The molecule has 1 aromatic rings. The number of nitrogens with zero attached hydrogens (tertiary/aromatic N) is 1. The second kappa shape index (κ2) is 6.32. The number of hydrogen-bond donors (Lipinski definition) is 2. The number of hydrazone groups is 1. The summed E-state index contributed by atoms with van der Waals surface area (Å²) in [5, 5.41) is 7.33. The molecule has 4 aliphatic carbocycles. The van der Waals surface area contributed by atoms with Crippen molar-refractivity contribution in [2.24, 2.45) is 22.9 Å². The Bertz CT molecular complexity index is 657. The third kappa shape index (κ3) is 3.48. The summed E-state index contributed by atoms with van der Waals surface area (Å²) in [6.07, 6.45) is 9.12. The highest BCUT2D eigenvalue weighted by molar-refractivity contribution is 6.01. The van der Waals surface area contributed by atoms with E-state index in [1.807, 2.05) is 0 Å². The second-order valence-corrected chi connectivity index (χ2v) is 8.19. The molecule has 4 aliphatic rings. The topological polar surface area (TPSA) is 83.7 Å². The zero-order valence-electron chi connectivity index (χ0n) is 14.6. The minimum atomic E-state index is -0.411. The molecular formula is C19H25N3O3. The molecule has 6 heteroatoms. The van der Waals surface area contributed by atoms with E-state index in [9.17, 15) is 9.59 Å². The van der Waals surface area contributed by atoms with Gasteiger partial charge in [0, 0.05) is 11.3 Å². The molecule has 4 saturated carbocycles. The minimum absolute atomic E-state index is 0.00967. The maximum Gasteiger partial charge on any atom is 0.307 e. The first-order valence-electron chi connectivity index (χ1n) is 9.19. The molecule has 6 nitrogen and oxygen atoms in total. The third-order valence-electron chi connectivity index (χ3n) is 5.95. The smallest absolute Gasteiger partial charge is 0.307 e. The molecule has 0 saturated heterocycles. The SMILES string of the molecule is CC(CC(=O)NC12CC3CC(CC(C3)C1)C2)=NNC(=O)c1ccco1. The van der Waals surface area contributed by atoms with Crippen LogP contribution in [0.4, 0.5) is 0 Å². The van der Waals surface area contributed by atoms with Gasteiger partial charge in [-0.05, 0) is 75.3 Å². The van der Waals surface area contributed by atoms with Crippen molar-refractivity contribution in [3.63, 3.8) is 0 Å². The summed E-state index contributed by atoms with van der Waals surface area (Å²) in [7, 11) is 0. The van der Waals surface area contributed by atoms with Crippen molar-refractivity contribution in [2.45, 2.75) is 57.4 Å². The van der Waals surface area contributed by atoms with Gasteiger partial charge in [0.05, 0.1) is 12.7 Å². The van der Waals surface area contributed by atoms with Gasteiger partial charge in [0.1, 0.15) is 0 Å². The number of rotatable bonds is 5. The van der Waals surface area contributed by atoms with Crippen LogP contribution < -0.4 is 10.7 Å². The van der Waals surface area contributed by atoms with Gasteiger partial charge in [-0.25, -0.2) is 5.43 Å². The van der Waals surface area contributed by atoms with Gasteiger partial charge in [-0.15, -0.1) is 0 Å². The van der Waals surface area contributed by atoms with E-state index in [-0.39, 0.29) is 23.6 Å². The van der Waals surface area contributed by atoms with Gasteiger partial charge in [0.2, 0.25) is 5.91 Å². The highest BCUT2D eigenvalue weighted by Gasteiger charge is 2.51. The second-order valence-electron chi connectivity index (χ2n) is 8.19. The number of carbonyl (C=O) groups is 2. The summed E-state index contributed by atoms with van der Waals surface area (Å²) < 4.78 is 5.01. The molecule has 2 N–H and O–H groups in total. The van der Waals surface area contributed by atoms with Gasteiger partial charge >= 0.3 is 5.91 Å². The van der Waals surface area contributed by atoms with Crippen LogP contribution >= 0.6 is 0 Å². The Morgan fingerprint density at radius 1 is 1.20 bits per heavy atom. The molecule has 0 aliphatic heterocycles. The van der Waals surface area contributed by atoms with Gasteiger partial charge in [0.25, 0.3) is 0 Å². The maximum absolute atomic E-state index is 12.5. The van der Waals surface area contributed by atoms with Gasteiger partial charge < -0.3 is 9.73 Å². The van der Waals surface area contributed by atoms with Crippen LogP contribution in [0.2, 0.25) is 0 Å². The number of nitrogens with one attached hydrogen (secondary N) is 2. The normalized spacial score (nSPS) is 33.3. The average Bonchev–Trinajstić information content (AvgIpc) is 3.05. The van der Waals surface area contributed by atoms with Crippen LogP contribution in [0.1, 0.15) is 62.4 Å². The zero-order valence-corrected chi connectivity index (χ0v) is 14.6. The quantitative estimate of drug-likeness (QED) is 0.637. The molecule has 1 heterocycles. The third-order valence-corrected chi connectivity index (χ3v) is 5.95. The first kappa shape index (κ1) is 16.4. The van der Waals surface area contributed by atoms with E-state index in [4.69, 9.17) is 4.42 Å². The molecular weight excluding hydrogens is 318 g/mol. The van der Waals surface area contributed by atoms with E-state index in [2.05, 4.69) is 15.8 Å². The number of hydrogen-bond acceptors (Lipinski definition) is 4. The molecule has 134 valence electrons. The molecule has 0 unspecified atom stereocenters. The van der Waals surface area contributed by atoms with E-state index >= 15 is 0 Å². The minimum Gasteiger partial charge on any atom is -0.459 e. The lowest BCUT2D eigenvalue weighted by atomic mass is 9.53. The first-order chi connectivity index (χ1) is 12.0. The van der Waals surface area contributed by atoms with Crippen LogP contribution in [-0.4, -0.2) is 23.1 Å². The van der Waals surface area contributed by atoms with E-state index < -0.39 is 5.91 Å². The predicted octanol–water partition coefficient (Wildman–Crippen LogP) is 2.86.